The van der Waals surface area contributed by atoms with Crippen LogP contribution in [0.15, 0.2) is 0 Å². The molecule has 3 fully saturated rings. The number of likely N-dealkylation sites (tertiary alicyclic amines) is 1. The first-order valence-corrected chi connectivity index (χ1v) is 8.96. The second-order valence-corrected chi connectivity index (χ2v) is 8.44. The van der Waals surface area contributed by atoms with Crippen LogP contribution in [0.1, 0.15) is 26.2 Å². The molecule has 5 nitrogen and oxygen atoms in total. The molecule has 2 aliphatic heterocycles. The third-order valence-electron chi connectivity index (χ3n) is 4.96. The molecule has 2 saturated heterocycles. The molecule has 19 heavy (non-hydrogen) atoms. The molecule has 0 unspecified atom stereocenters. The number of sulfonamides is 1. The third kappa shape index (κ3) is 2.29. The molecule has 6 heteroatoms. The Labute approximate surface area is 115 Å². The van der Waals surface area contributed by atoms with E-state index in [1.165, 1.54) is 6.26 Å². The second-order valence-electron chi connectivity index (χ2n) is 6.51. The van der Waals surface area contributed by atoms with E-state index in [4.69, 9.17) is 0 Å². The van der Waals surface area contributed by atoms with E-state index in [1.807, 2.05) is 4.90 Å². The molecular formula is C13H22N2O3S. The molecule has 2 atom stereocenters. The van der Waals surface area contributed by atoms with Crippen LogP contribution in [0.2, 0.25) is 0 Å². The van der Waals surface area contributed by atoms with Gasteiger partial charge in [0.05, 0.1) is 6.26 Å². The van der Waals surface area contributed by atoms with E-state index in [1.54, 1.807) is 4.31 Å². The van der Waals surface area contributed by atoms with Gasteiger partial charge in [-0.3, -0.25) is 4.79 Å². The average Bonchev–Trinajstić information content (AvgIpc) is 2.80. The van der Waals surface area contributed by atoms with Gasteiger partial charge in [-0.05, 0) is 31.1 Å². The first-order chi connectivity index (χ1) is 8.86. The van der Waals surface area contributed by atoms with Crippen molar-refractivity contribution >= 4 is 15.9 Å². The van der Waals surface area contributed by atoms with Crippen molar-refractivity contribution in [2.45, 2.75) is 32.2 Å². The molecule has 1 saturated carbocycles. The van der Waals surface area contributed by atoms with Gasteiger partial charge in [0.25, 0.3) is 0 Å². The van der Waals surface area contributed by atoms with Gasteiger partial charge < -0.3 is 4.90 Å². The van der Waals surface area contributed by atoms with Gasteiger partial charge in [-0.25, -0.2) is 8.42 Å². The lowest BCUT2D eigenvalue weighted by atomic mass is 9.75. The highest BCUT2D eigenvalue weighted by molar-refractivity contribution is 7.88. The Morgan fingerprint density at radius 1 is 1.21 bits per heavy atom. The summed E-state index contributed by atoms with van der Waals surface area (Å²) in [5.41, 5.74) is 0. The number of fused-ring (bicyclic) bond motifs is 1. The Kier molecular flexibility index (Phi) is 3.13. The Balaban J connectivity index is 1.66. The quantitative estimate of drug-likeness (QED) is 0.744. The fourth-order valence-corrected chi connectivity index (χ4v) is 5.04. The molecule has 0 spiro atoms. The molecule has 1 aliphatic carbocycles. The highest BCUT2D eigenvalue weighted by Crippen LogP contribution is 2.38. The van der Waals surface area contributed by atoms with Gasteiger partial charge in [0, 0.05) is 31.6 Å². The van der Waals surface area contributed by atoms with Crippen LogP contribution in [0.5, 0.6) is 0 Å². The monoisotopic (exact) mass is 286 g/mol. The van der Waals surface area contributed by atoms with Crippen LogP contribution in [-0.4, -0.2) is 55.5 Å². The lowest BCUT2D eigenvalue weighted by Gasteiger charge is -2.34. The van der Waals surface area contributed by atoms with Crippen LogP contribution in [0.25, 0.3) is 0 Å². The molecule has 0 N–H and O–H groups in total. The molecule has 0 aromatic heterocycles. The van der Waals surface area contributed by atoms with Crippen LogP contribution in [0.4, 0.5) is 0 Å². The van der Waals surface area contributed by atoms with Crippen molar-refractivity contribution in [3.8, 4) is 0 Å². The average molecular weight is 286 g/mol. The molecule has 2 heterocycles. The number of rotatable bonds is 2. The molecule has 0 bridgehead atoms. The lowest BCUT2D eigenvalue weighted by Crippen LogP contribution is -2.43. The molecule has 3 rings (SSSR count). The fraction of sp³-hybridized carbons (Fsp3) is 0.923. The van der Waals surface area contributed by atoms with Crippen LogP contribution >= 0.6 is 0 Å². The molecule has 0 radical (unpaired) electrons. The summed E-state index contributed by atoms with van der Waals surface area (Å²) < 4.78 is 25.0. The van der Waals surface area contributed by atoms with E-state index >= 15 is 0 Å². The Bertz CT molecular complexity index is 484. The van der Waals surface area contributed by atoms with Crippen LogP contribution < -0.4 is 0 Å². The smallest absolute Gasteiger partial charge is 0.225 e. The van der Waals surface area contributed by atoms with Crippen LogP contribution in [0.3, 0.4) is 0 Å². The maximum atomic E-state index is 12.3. The molecule has 1 amide bonds. The minimum absolute atomic E-state index is 0.0245. The zero-order valence-electron chi connectivity index (χ0n) is 11.6. The zero-order valence-corrected chi connectivity index (χ0v) is 12.4. The van der Waals surface area contributed by atoms with E-state index in [2.05, 4.69) is 6.92 Å². The van der Waals surface area contributed by atoms with Gasteiger partial charge in [0.2, 0.25) is 15.9 Å². The van der Waals surface area contributed by atoms with Crippen LogP contribution in [-0.2, 0) is 14.8 Å². The summed E-state index contributed by atoms with van der Waals surface area (Å²) in [5.74, 6) is 1.46. The summed E-state index contributed by atoms with van der Waals surface area (Å²) in [4.78, 5) is 14.2. The van der Waals surface area contributed by atoms with Gasteiger partial charge in [-0.1, -0.05) is 6.92 Å². The Morgan fingerprint density at radius 2 is 1.89 bits per heavy atom. The summed E-state index contributed by atoms with van der Waals surface area (Å²) >= 11 is 0. The zero-order chi connectivity index (χ0) is 13.8. The molecule has 0 aromatic carbocycles. The predicted octanol–water partition coefficient (Wildman–Crippen LogP) is 0.525. The standard InChI is InChI=1S/C13H22N2O3S/c1-9-5-11(6-9)13(16)14-7-10-3-4-15(12(10)8-14)19(2,17)18/h9-12H,3-8H2,1-2H3/t9?,10-,11?,12+/m1/s1. The number of carbonyl (C=O) groups is 1. The van der Waals surface area contributed by atoms with Crippen molar-refractivity contribution in [2.24, 2.45) is 17.8 Å². The number of nitrogens with zero attached hydrogens (tertiary/aromatic N) is 2. The Hall–Kier alpha value is -0.620. The topological polar surface area (TPSA) is 57.7 Å². The summed E-state index contributed by atoms with van der Waals surface area (Å²) in [6, 6.07) is 0.0245. The lowest BCUT2D eigenvalue weighted by molar-refractivity contribution is -0.138. The SMILES string of the molecule is CC1CC(C(=O)N2C[C@H]3CCN(S(C)(=O)=O)[C@H]3C2)C1. The van der Waals surface area contributed by atoms with E-state index in [0.717, 1.165) is 25.8 Å². The third-order valence-corrected chi connectivity index (χ3v) is 6.26. The van der Waals surface area contributed by atoms with Crippen molar-refractivity contribution in [1.29, 1.82) is 0 Å². The first-order valence-electron chi connectivity index (χ1n) is 7.12. The normalized spacial score (nSPS) is 39.2. The first kappa shape index (κ1) is 13.4. The highest BCUT2D eigenvalue weighted by Gasteiger charge is 2.47. The highest BCUT2D eigenvalue weighted by atomic mass is 32.2. The van der Waals surface area contributed by atoms with Crippen molar-refractivity contribution in [3.05, 3.63) is 0 Å². The van der Waals surface area contributed by atoms with Crippen molar-refractivity contribution in [2.75, 3.05) is 25.9 Å². The minimum Gasteiger partial charge on any atom is -0.340 e. The van der Waals surface area contributed by atoms with E-state index in [9.17, 15) is 13.2 Å². The van der Waals surface area contributed by atoms with Crippen molar-refractivity contribution in [1.82, 2.24) is 9.21 Å². The predicted molar refractivity (Wildman–Crippen MR) is 71.9 cm³/mol. The second kappa shape index (κ2) is 4.45. The summed E-state index contributed by atoms with van der Waals surface area (Å²) in [6.45, 7) is 4.15. The fourth-order valence-electron chi connectivity index (χ4n) is 3.88. The van der Waals surface area contributed by atoms with Gasteiger partial charge in [-0.2, -0.15) is 4.31 Å². The molecule has 108 valence electrons. The van der Waals surface area contributed by atoms with E-state index < -0.39 is 10.0 Å². The largest absolute Gasteiger partial charge is 0.340 e. The van der Waals surface area contributed by atoms with Gasteiger partial charge in [-0.15, -0.1) is 0 Å². The van der Waals surface area contributed by atoms with Crippen molar-refractivity contribution in [3.63, 3.8) is 0 Å². The van der Waals surface area contributed by atoms with Crippen molar-refractivity contribution < 1.29 is 13.2 Å². The molecule has 3 aliphatic rings. The summed E-state index contributed by atoms with van der Waals surface area (Å²) in [5, 5.41) is 0. The Morgan fingerprint density at radius 3 is 2.47 bits per heavy atom. The number of carbonyl (C=O) groups excluding carboxylic acids is 1. The number of hydrogen-bond acceptors (Lipinski definition) is 3. The van der Waals surface area contributed by atoms with E-state index in [-0.39, 0.29) is 17.9 Å². The molecular weight excluding hydrogens is 264 g/mol. The van der Waals surface area contributed by atoms with Gasteiger partial charge in [0.1, 0.15) is 0 Å². The summed E-state index contributed by atoms with van der Waals surface area (Å²) in [6.07, 6.45) is 4.16. The summed E-state index contributed by atoms with van der Waals surface area (Å²) in [7, 11) is -3.13. The van der Waals surface area contributed by atoms with Gasteiger partial charge in [0.15, 0.2) is 0 Å². The maximum Gasteiger partial charge on any atom is 0.225 e. The van der Waals surface area contributed by atoms with Gasteiger partial charge >= 0.3 is 0 Å². The minimum atomic E-state index is -3.13. The number of amides is 1. The van der Waals surface area contributed by atoms with Crippen LogP contribution in [0, 0.1) is 17.8 Å². The number of hydrogen-bond donors (Lipinski definition) is 0. The maximum absolute atomic E-state index is 12.3. The van der Waals surface area contributed by atoms with E-state index in [0.29, 0.717) is 24.9 Å². The molecule has 0 aromatic rings.